The molecule has 2 aromatic rings. The van der Waals surface area contributed by atoms with Crippen molar-refractivity contribution in [1.82, 2.24) is 4.90 Å². The van der Waals surface area contributed by atoms with Gasteiger partial charge in [-0.15, -0.1) is 0 Å². The molecule has 33 heavy (non-hydrogen) atoms. The smallest absolute Gasteiger partial charge is 0.226 e. The zero-order chi connectivity index (χ0) is 23.4. The standard InChI is InChI=1S/C29H39NO3/c1-20(2)18-30-19-25(16-24(29(30)31)15-22-9-7-8-21(3)14-22)23-12-13-27(32-4)28(17-23)33-26-10-5-6-11-26/h7-9,12-14,17,20,24-26H,5-6,10-11,15-16,18-19H2,1-4H3. The molecule has 4 heteroatoms. The number of aryl methyl sites for hydroxylation is 1. The molecular weight excluding hydrogens is 410 g/mol. The molecule has 1 heterocycles. The fourth-order valence-electron chi connectivity index (χ4n) is 5.50. The number of hydrogen-bond acceptors (Lipinski definition) is 3. The van der Waals surface area contributed by atoms with Crippen LogP contribution >= 0.6 is 0 Å². The van der Waals surface area contributed by atoms with Gasteiger partial charge in [0, 0.05) is 24.9 Å². The van der Waals surface area contributed by atoms with E-state index in [2.05, 4.69) is 62.1 Å². The lowest BCUT2D eigenvalue weighted by atomic mass is 9.80. The van der Waals surface area contributed by atoms with Crippen molar-refractivity contribution in [2.45, 2.75) is 71.3 Å². The van der Waals surface area contributed by atoms with E-state index in [9.17, 15) is 4.79 Å². The van der Waals surface area contributed by atoms with Crippen molar-refractivity contribution in [1.29, 1.82) is 0 Å². The van der Waals surface area contributed by atoms with Crippen LogP contribution in [0.4, 0.5) is 0 Å². The lowest BCUT2D eigenvalue weighted by Gasteiger charge is -2.39. The molecule has 0 spiro atoms. The van der Waals surface area contributed by atoms with Crippen LogP contribution in [0.3, 0.4) is 0 Å². The van der Waals surface area contributed by atoms with Crippen molar-refractivity contribution in [3.63, 3.8) is 0 Å². The van der Waals surface area contributed by atoms with Gasteiger partial charge in [-0.2, -0.15) is 0 Å². The highest BCUT2D eigenvalue weighted by Crippen LogP contribution is 2.38. The van der Waals surface area contributed by atoms with Crippen LogP contribution in [-0.4, -0.2) is 37.1 Å². The van der Waals surface area contributed by atoms with Crippen molar-refractivity contribution in [2.75, 3.05) is 20.2 Å². The van der Waals surface area contributed by atoms with Gasteiger partial charge in [-0.3, -0.25) is 4.79 Å². The largest absolute Gasteiger partial charge is 0.493 e. The summed E-state index contributed by atoms with van der Waals surface area (Å²) in [4.78, 5) is 15.5. The molecule has 1 saturated carbocycles. The summed E-state index contributed by atoms with van der Waals surface area (Å²) in [7, 11) is 1.71. The second-order valence-electron chi connectivity index (χ2n) is 10.4. The highest BCUT2D eigenvalue weighted by atomic mass is 16.5. The van der Waals surface area contributed by atoms with Crippen LogP contribution in [0.15, 0.2) is 42.5 Å². The maximum absolute atomic E-state index is 13.4. The summed E-state index contributed by atoms with van der Waals surface area (Å²) in [5, 5.41) is 0. The number of hydrogen-bond donors (Lipinski definition) is 0. The summed E-state index contributed by atoms with van der Waals surface area (Å²) in [6.07, 6.45) is 6.67. The van der Waals surface area contributed by atoms with Crippen molar-refractivity contribution in [3.8, 4) is 11.5 Å². The molecule has 1 aliphatic carbocycles. The number of rotatable bonds is 8. The summed E-state index contributed by atoms with van der Waals surface area (Å²) in [6.45, 7) is 8.07. The molecule has 1 aliphatic heterocycles. The summed E-state index contributed by atoms with van der Waals surface area (Å²) in [6, 6.07) is 15.0. The zero-order valence-corrected chi connectivity index (χ0v) is 20.7. The average Bonchev–Trinajstić information content (AvgIpc) is 3.29. The third kappa shape index (κ3) is 5.90. The third-order valence-electron chi connectivity index (χ3n) is 7.08. The second kappa shape index (κ2) is 10.6. The second-order valence-corrected chi connectivity index (χ2v) is 10.4. The van der Waals surface area contributed by atoms with E-state index in [4.69, 9.17) is 9.47 Å². The first kappa shape index (κ1) is 23.7. The number of ether oxygens (including phenoxy) is 2. The van der Waals surface area contributed by atoms with E-state index in [0.29, 0.717) is 17.7 Å². The Bertz CT molecular complexity index is 948. The molecule has 0 aromatic heterocycles. The first-order valence-corrected chi connectivity index (χ1v) is 12.6. The Balaban J connectivity index is 1.59. The van der Waals surface area contributed by atoms with Crippen LogP contribution < -0.4 is 9.47 Å². The molecule has 2 fully saturated rings. The number of amides is 1. The number of carbonyl (C=O) groups is 1. The molecule has 2 aliphatic rings. The van der Waals surface area contributed by atoms with Crippen LogP contribution in [0.5, 0.6) is 11.5 Å². The Hall–Kier alpha value is -2.49. The number of likely N-dealkylation sites (tertiary alicyclic amines) is 1. The fourth-order valence-corrected chi connectivity index (χ4v) is 5.50. The number of benzene rings is 2. The Morgan fingerprint density at radius 3 is 2.55 bits per heavy atom. The van der Waals surface area contributed by atoms with Gasteiger partial charge in [0.2, 0.25) is 5.91 Å². The first-order valence-electron chi connectivity index (χ1n) is 12.6. The normalized spacial score (nSPS) is 21.6. The van der Waals surface area contributed by atoms with Crippen molar-refractivity contribution in [2.24, 2.45) is 11.8 Å². The lowest BCUT2D eigenvalue weighted by Crippen LogP contribution is -2.46. The van der Waals surface area contributed by atoms with Gasteiger partial charge in [-0.25, -0.2) is 0 Å². The summed E-state index contributed by atoms with van der Waals surface area (Å²) < 4.78 is 12.0. The third-order valence-corrected chi connectivity index (χ3v) is 7.08. The topological polar surface area (TPSA) is 38.8 Å². The van der Waals surface area contributed by atoms with E-state index >= 15 is 0 Å². The molecule has 1 saturated heterocycles. The summed E-state index contributed by atoms with van der Waals surface area (Å²) >= 11 is 0. The molecule has 1 amide bonds. The van der Waals surface area contributed by atoms with E-state index in [0.717, 1.165) is 50.3 Å². The number of carbonyl (C=O) groups excluding carboxylic acids is 1. The van der Waals surface area contributed by atoms with Crippen LogP contribution in [-0.2, 0) is 11.2 Å². The van der Waals surface area contributed by atoms with Crippen LogP contribution in [0.1, 0.15) is 68.6 Å². The lowest BCUT2D eigenvalue weighted by molar-refractivity contribution is -0.139. The monoisotopic (exact) mass is 449 g/mol. The van der Waals surface area contributed by atoms with E-state index in [-0.39, 0.29) is 12.0 Å². The number of methoxy groups -OCH3 is 1. The maximum atomic E-state index is 13.4. The van der Waals surface area contributed by atoms with Gasteiger partial charge < -0.3 is 14.4 Å². The predicted molar refractivity (Wildman–Crippen MR) is 133 cm³/mol. The van der Waals surface area contributed by atoms with Gasteiger partial charge >= 0.3 is 0 Å². The van der Waals surface area contributed by atoms with Crippen LogP contribution in [0.2, 0.25) is 0 Å². The van der Waals surface area contributed by atoms with Gasteiger partial charge in [-0.05, 0) is 74.6 Å². The average molecular weight is 450 g/mol. The van der Waals surface area contributed by atoms with Gasteiger partial charge in [0.15, 0.2) is 11.5 Å². The zero-order valence-electron chi connectivity index (χ0n) is 20.7. The molecule has 2 unspecified atom stereocenters. The van der Waals surface area contributed by atoms with Gasteiger partial charge in [0.1, 0.15) is 0 Å². The van der Waals surface area contributed by atoms with E-state index in [1.807, 2.05) is 6.07 Å². The summed E-state index contributed by atoms with van der Waals surface area (Å²) in [5.74, 6) is 2.71. The molecule has 0 N–H and O–H groups in total. The van der Waals surface area contributed by atoms with Crippen molar-refractivity contribution >= 4 is 5.91 Å². The van der Waals surface area contributed by atoms with E-state index < -0.39 is 0 Å². The van der Waals surface area contributed by atoms with Gasteiger partial charge in [0.25, 0.3) is 0 Å². The van der Waals surface area contributed by atoms with Crippen molar-refractivity contribution < 1.29 is 14.3 Å². The minimum Gasteiger partial charge on any atom is -0.493 e. The first-order chi connectivity index (χ1) is 15.9. The fraction of sp³-hybridized carbons (Fsp3) is 0.552. The van der Waals surface area contributed by atoms with Gasteiger partial charge in [-0.1, -0.05) is 49.7 Å². The van der Waals surface area contributed by atoms with Crippen LogP contribution in [0.25, 0.3) is 0 Å². The molecular formula is C29H39NO3. The molecule has 4 nitrogen and oxygen atoms in total. The molecule has 0 bridgehead atoms. The molecule has 4 rings (SSSR count). The Labute approximate surface area is 199 Å². The SMILES string of the molecule is COc1ccc(C2CC(Cc3cccc(C)c3)C(=O)N(CC(C)C)C2)cc1OC1CCCC1. The predicted octanol–water partition coefficient (Wildman–Crippen LogP) is 6.16. The highest BCUT2D eigenvalue weighted by molar-refractivity contribution is 5.80. The highest BCUT2D eigenvalue weighted by Gasteiger charge is 2.35. The Kier molecular flexibility index (Phi) is 7.62. The summed E-state index contributed by atoms with van der Waals surface area (Å²) in [5.41, 5.74) is 3.74. The Morgan fingerprint density at radius 1 is 1.06 bits per heavy atom. The van der Waals surface area contributed by atoms with E-state index in [1.54, 1.807) is 7.11 Å². The van der Waals surface area contributed by atoms with E-state index in [1.165, 1.54) is 29.5 Å². The quantitative estimate of drug-likeness (QED) is 0.485. The van der Waals surface area contributed by atoms with Crippen LogP contribution in [0, 0.1) is 18.8 Å². The van der Waals surface area contributed by atoms with Gasteiger partial charge in [0.05, 0.1) is 13.2 Å². The maximum Gasteiger partial charge on any atom is 0.226 e. The molecule has 2 aromatic carbocycles. The minimum atomic E-state index is 0.00519. The molecule has 2 atom stereocenters. The molecule has 0 radical (unpaired) electrons. The van der Waals surface area contributed by atoms with Crippen molar-refractivity contribution in [3.05, 3.63) is 59.2 Å². The minimum absolute atomic E-state index is 0.00519. The number of piperidine rings is 1. The Morgan fingerprint density at radius 2 is 1.85 bits per heavy atom. The molecule has 178 valence electrons. The number of nitrogens with zero attached hydrogens (tertiary/aromatic N) is 1.